The first-order chi connectivity index (χ1) is 13.7. The van der Waals surface area contributed by atoms with Crippen LogP contribution in [0.5, 0.6) is 5.75 Å². The summed E-state index contributed by atoms with van der Waals surface area (Å²) >= 11 is 5.92. The van der Waals surface area contributed by atoms with Gasteiger partial charge in [-0.2, -0.15) is 0 Å². The van der Waals surface area contributed by atoms with Gasteiger partial charge >= 0.3 is 5.97 Å². The monoisotopic (exact) mass is 389 g/mol. The lowest BCUT2D eigenvalue weighted by Gasteiger charge is -2.10. The molecule has 0 atom stereocenters. The van der Waals surface area contributed by atoms with Crippen molar-refractivity contribution in [1.82, 2.24) is 0 Å². The number of carbonyl (C=O) groups excluding carboxylic acids is 1. The van der Waals surface area contributed by atoms with Gasteiger partial charge in [0.25, 0.3) is 0 Å². The zero-order chi connectivity index (χ0) is 19.3. The van der Waals surface area contributed by atoms with E-state index in [-0.39, 0.29) is 0 Å². The first-order valence-electron chi connectivity index (χ1n) is 8.74. The molecular formula is C23H16ClNO3. The summed E-state index contributed by atoms with van der Waals surface area (Å²) in [6.45, 7) is 0.390. The molecule has 0 unspecified atom stereocenters. The maximum Gasteiger partial charge on any atom is 0.368 e. The number of oxime groups is 1. The fourth-order valence-corrected chi connectivity index (χ4v) is 2.97. The van der Waals surface area contributed by atoms with E-state index in [2.05, 4.69) is 5.16 Å². The van der Waals surface area contributed by atoms with E-state index >= 15 is 0 Å². The summed E-state index contributed by atoms with van der Waals surface area (Å²) in [6.07, 6.45) is 1.75. The Kier molecular flexibility index (Phi) is 5.22. The van der Waals surface area contributed by atoms with Crippen molar-refractivity contribution < 1.29 is 14.4 Å². The Bertz CT molecular complexity index is 1060. The molecule has 0 aromatic heterocycles. The first-order valence-corrected chi connectivity index (χ1v) is 9.11. The number of halogens is 1. The van der Waals surface area contributed by atoms with Gasteiger partial charge in [-0.3, -0.25) is 0 Å². The minimum atomic E-state index is -0.480. The lowest BCUT2D eigenvalue weighted by Crippen LogP contribution is -2.07. The molecular weight excluding hydrogens is 374 g/mol. The van der Waals surface area contributed by atoms with Crippen LogP contribution in [-0.4, -0.2) is 11.7 Å². The third-order valence-corrected chi connectivity index (χ3v) is 4.52. The number of carbonyl (C=O) groups is 1. The third kappa shape index (κ3) is 3.97. The molecule has 5 heteroatoms. The number of hydrogen-bond acceptors (Lipinski definition) is 4. The number of rotatable bonds is 5. The quantitative estimate of drug-likeness (QED) is 0.441. The van der Waals surface area contributed by atoms with E-state index in [4.69, 9.17) is 21.2 Å². The Morgan fingerprint density at radius 1 is 0.929 bits per heavy atom. The molecule has 28 heavy (non-hydrogen) atoms. The Balaban J connectivity index is 1.61. The number of para-hydroxylation sites is 1. The van der Waals surface area contributed by atoms with Crippen molar-refractivity contribution in [3.63, 3.8) is 0 Å². The van der Waals surface area contributed by atoms with Crippen LogP contribution >= 0.6 is 11.6 Å². The van der Waals surface area contributed by atoms with E-state index in [9.17, 15) is 4.79 Å². The van der Waals surface area contributed by atoms with Crippen LogP contribution in [0.4, 0.5) is 0 Å². The Morgan fingerprint density at radius 3 is 2.43 bits per heavy atom. The summed E-state index contributed by atoms with van der Waals surface area (Å²) < 4.78 is 5.97. The number of ether oxygens (including phenoxy) is 1. The second kappa shape index (κ2) is 8.11. The Labute approximate surface area is 167 Å². The molecule has 0 saturated heterocycles. The first kappa shape index (κ1) is 18.0. The maximum atomic E-state index is 12.2. The number of nitrogens with zero attached hydrogens (tertiary/aromatic N) is 1. The van der Waals surface area contributed by atoms with E-state index in [1.807, 2.05) is 78.9 Å². The molecule has 4 nitrogen and oxygen atoms in total. The highest BCUT2D eigenvalue weighted by Crippen LogP contribution is 2.26. The zero-order valence-electron chi connectivity index (χ0n) is 14.8. The van der Waals surface area contributed by atoms with Gasteiger partial charge in [-0.25, -0.2) is 4.79 Å². The molecule has 0 saturated carbocycles. The normalized spacial score (nSPS) is 14.7. The molecule has 1 aliphatic heterocycles. The van der Waals surface area contributed by atoms with E-state index in [0.717, 1.165) is 16.7 Å². The Morgan fingerprint density at radius 2 is 1.64 bits per heavy atom. The van der Waals surface area contributed by atoms with Crippen LogP contribution in [0, 0.1) is 0 Å². The molecule has 3 aromatic carbocycles. The van der Waals surface area contributed by atoms with Crippen LogP contribution in [0.15, 0.2) is 89.6 Å². The molecule has 4 rings (SSSR count). The van der Waals surface area contributed by atoms with Gasteiger partial charge in [-0.1, -0.05) is 77.4 Å². The molecule has 0 bridgehead atoms. The summed E-state index contributed by atoms with van der Waals surface area (Å²) in [4.78, 5) is 17.1. The fourth-order valence-electron chi connectivity index (χ4n) is 2.84. The van der Waals surface area contributed by atoms with Crippen molar-refractivity contribution in [2.45, 2.75) is 6.61 Å². The second-order valence-electron chi connectivity index (χ2n) is 6.20. The van der Waals surface area contributed by atoms with E-state index in [1.54, 1.807) is 6.08 Å². The van der Waals surface area contributed by atoms with Crippen LogP contribution in [0.25, 0.3) is 6.08 Å². The second-order valence-corrected chi connectivity index (χ2v) is 6.63. The number of hydrogen-bond donors (Lipinski definition) is 0. The molecule has 0 spiro atoms. The van der Waals surface area contributed by atoms with Crippen molar-refractivity contribution in [1.29, 1.82) is 0 Å². The van der Waals surface area contributed by atoms with E-state index in [0.29, 0.717) is 28.7 Å². The predicted octanol–water partition coefficient (Wildman–Crippen LogP) is 5.26. The smallest absolute Gasteiger partial charge is 0.368 e. The molecule has 0 aliphatic carbocycles. The molecule has 3 aromatic rings. The fraction of sp³-hybridized carbons (Fsp3) is 0.0435. The van der Waals surface area contributed by atoms with Crippen molar-refractivity contribution in [3.8, 4) is 5.75 Å². The van der Waals surface area contributed by atoms with Gasteiger partial charge in [0.15, 0.2) is 0 Å². The van der Waals surface area contributed by atoms with Gasteiger partial charge < -0.3 is 9.57 Å². The summed E-state index contributed by atoms with van der Waals surface area (Å²) in [6, 6.07) is 24.5. The van der Waals surface area contributed by atoms with E-state index in [1.165, 1.54) is 0 Å². The van der Waals surface area contributed by atoms with Gasteiger partial charge in [-0.05, 0) is 29.8 Å². The lowest BCUT2D eigenvalue weighted by molar-refractivity contribution is -0.136. The Hall–Kier alpha value is -3.37. The minimum Gasteiger partial charge on any atom is -0.488 e. The SMILES string of the molecule is O=C1ON=C(c2ccccc2)/C1=C\c1ccccc1OCc1ccc(Cl)cc1. The van der Waals surface area contributed by atoms with Crippen molar-refractivity contribution >= 4 is 29.4 Å². The largest absolute Gasteiger partial charge is 0.488 e. The average Bonchev–Trinajstić information content (AvgIpc) is 3.09. The average molecular weight is 390 g/mol. The predicted molar refractivity (Wildman–Crippen MR) is 109 cm³/mol. The van der Waals surface area contributed by atoms with Gasteiger partial charge in [0, 0.05) is 16.1 Å². The van der Waals surface area contributed by atoms with E-state index < -0.39 is 5.97 Å². The molecule has 0 amide bonds. The minimum absolute atomic E-state index is 0.390. The summed E-state index contributed by atoms with van der Waals surface area (Å²) in [5.41, 5.74) is 3.50. The van der Waals surface area contributed by atoms with Gasteiger partial charge in [0.2, 0.25) is 0 Å². The van der Waals surface area contributed by atoms with Crippen molar-refractivity contribution in [2.24, 2.45) is 5.16 Å². The molecule has 0 fully saturated rings. The van der Waals surface area contributed by atoms with Crippen LogP contribution in [0.2, 0.25) is 5.02 Å². The van der Waals surface area contributed by atoms with Crippen LogP contribution < -0.4 is 4.74 Å². The molecule has 138 valence electrons. The van der Waals surface area contributed by atoms with Gasteiger partial charge in [0.05, 0.1) is 5.57 Å². The highest BCUT2D eigenvalue weighted by Gasteiger charge is 2.27. The molecule has 1 aliphatic rings. The van der Waals surface area contributed by atoms with Gasteiger partial charge in [-0.15, -0.1) is 0 Å². The van der Waals surface area contributed by atoms with Crippen LogP contribution in [0.1, 0.15) is 16.7 Å². The van der Waals surface area contributed by atoms with Crippen molar-refractivity contribution in [3.05, 3.63) is 106 Å². The highest BCUT2D eigenvalue weighted by molar-refractivity contribution is 6.31. The summed E-state index contributed by atoms with van der Waals surface area (Å²) in [5, 5.41) is 4.62. The third-order valence-electron chi connectivity index (χ3n) is 4.27. The molecule has 1 heterocycles. The summed E-state index contributed by atoms with van der Waals surface area (Å²) in [5.74, 6) is 0.184. The topological polar surface area (TPSA) is 47.9 Å². The molecule has 0 radical (unpaired) electrons. The van der Waals surface area contributed by atoms with Crippen LogP contribution in [0.3, 0.4) is 0 Å². The standard InChI is InChI=1S/C23H16ClNO3/c24-19-12-10-16(11-13-19)15-27-21-9-5-4-8-18(21)14-20-22(25-28-23(20)26)17-6-2-1-3-7-17/h1-14H,15H2/b20-14+. The van der Waals surface area contributed by atoms with Crippen LogP contribution in [-0.2, 0) is 16.2 Å². The van der Waals surface area contributed by atoms with Crippen molar-refractivity contribution in [2.75, 3.05) is 0 Å². The van der Waals surface area contributed by atoms with Gasteiger partial charge in [0.1, 0.15) is 18.1 Å². The zero-order valence-corrected chi connectivity index (χ0v) is 15.6. The number of benzene rings is 3. The maximum absolute atomic E-state index is 12.2. The highest BCUT2D eigenvalue weighted by atomic mass is 35.5. The molecule has 0 N–H and O–H groups in total. The lowest BCUT2D eigenvalue weighted by atomic mass is 10.0. The summed E-state index contributed by atoms with van der Waals surface area (Å²) in [7, 11) is 0.